The molecule has 6 rings (SSSR count). The summed E-state index contributed by atoms with van der Waals surface area (Å²) in [6.45, 7) is 3.25. The van der Waals surface area contributed by atoms with Crippen LogP contribution in [0.15, 0.2) is 56.3 Å². The number of benzene rings is 2. The van der Waals surface area contributed by atoms with E-state index in [0.717, 1.165) is 35.3 Å². The summed E-state index contributed by atoms with van der Waals surface area (Å²) in [4.78, 5) is 14.8. The molecule has 4 heterocycles. The molecule has 0 radical (unpaired) electrons. The Kier molecular flexibility index (Phi) is 4.19. The molecule has 2 aliphatic heterocycles. The SMILES string of the molecule is Cc1nc2c(-c3noc(C4CCN(C5=NS(=O)(=O)c6ccccc65)CC4)n3)cccc2[nH]1. The average molecular weight is 449 g/mol. The van der Waals surface area contributed by atoms with Crippen LogP contribution in [-0.2, 0) is 10.0 Å². The maximum absolute atomic E-state index is 12.4. The smallest absolute Gasteiger partial charge is 0.285 e. The normalized spacial score (nSPS) is 18.2. The molecule has 162 valence electrons. The van der Waals surface area contributed by atoms with Crippen molar-refractivity contribution in [3.63, 3.8) is 0 Å². The third-order valence-corrected chi connectivity index (χ3v) is 7.40. The summed E-state index contributed by atoms with van der Waals surface area (Å²) >= 11 is 0. The second kappa shape index (κ2) is 6.99. The van der Waals surface area contributed by atoms with Gasteiger partial charge >= 0.3 is 0 Å². The third kappa shape index (κ3) is 3.01. The maximum atomic E-state index is 12.4. The lowest BCUT2D eigenvalue weighted by molar-refractivity contribution is 0.266. The van der Waals surface area contributed by atoms with Crippen LogP contribution < -0.4 is 0 Å². The summed E-state index contributed by atoms with van der Waals surface area (Å²) in [6.07, 6.45) is 1.54. The van der Waals surface area contributed by atoms with Crippen molar-refractivity contribution in [2.75, 3.05) is 13.1 Å². The first kappa shape index (κ1) is 19.2. The van der Waals surface area contributed by atoms with Crippen LogP contribution in [0.2, 0.25) is 0 Å². The van der Waals surface area contributed by atoms with E-state index >= 15 is 0 Å². The van der Waals surface area contributed by atoms with Gasteiger partial charge in [-0.05, 0) is 44.0 Å². The van der Waals surface area contributed by atoms with Gasteiger partial charge in [-0.2, -0.15) is 13.4 Å². The molecule has 1 saturated heterocycles. The Bertz CT molecular complexity index is 1480. The molecule has 32 heavy (non-hydrogen) atoms. The first-order valence-electron chi connectivity index (χ1n) is 10.5. The second-order valence-corrected chi connectivity index (χ2v) is 9.70. The maximum Gasteiger partial charge on any atom is 0.285 e. The number of sulfonamides is 1. The first-order valence-corrected chi connectivity index (χ1v) is 11.9. The lowest BCUT2D eigenvalue weighted by Crippen LogP contribution is -2.37. The van der Waals surface area contributed by atoms with Gasteiger partial charge in [0.25, 0.3) is 10.0 Å². The van der Waals surface area contributed by atoms with Crippen molar-refractivity contribution >= 4 is 26.9 Å². The molecule has 0 amide bonds. The number of rotatable bonds is 2. The number of aryl methyl sites for hydroxylation is 1. The Morgan fingerprint density at radius 3 is 2.66 bits per heavy atom. The van der Waals surface area contributed by atoms with Crippen LogP contribution in [0.3, 0.4) is 0 Å². The number of likely N-dealkylation sites (tertiary alicyclic amines) is 1. The van der Waals surface area contributed by atoms with Crippen molar-refractivity contribution in [1.82, 2.24) is 25.0 Å². The molecule has 0 spiro atoms. The van der Waals surface area contributed by atoms with E-state index in [0.29, 0.717) is 36.2 Å². The van der Waals surface area contributed by atoms with E-state index < -0.39 is 10.0 Å². The zero-order chi connectivity index (χ0) is 21.9. The highest BCUT2D eigenvalue weighted by Gasteiger charge is 2.34. The standard InChI is InChI=1S/C22H20N6O3S/c1-13-23-17-7-4-6-16(19(17)24-13)20-25-22(31-26-20)14-9-11-28(12-10-14)21-15-5-2-3-8-18(15)32(29,30)27-21/h2-8,14H,9-12H2,1H3,(H,23,24). The minimum absolute atomic E-state index is 0.112. The highest BCUT2D eigenvalue weighted by Crippen LogP contribution is 2.33. The number of aromatic amines is 1. The van der Waals surface area contributed by atoms with Gasteiger partial charge in [0.15, 0.2) is 5.84 Å². The Balaban J connectivity index is 1.22. The number of hydrogen-bond acceptors (Lipinski definition) is 7. The molecule has 2 aromatic heterocycles. The molecule has 0 saturated carbocycles. The molecule has 1 N–H and O–H groups in total. The lowest BCUT2D eigenvalue weighted by Gasteiger charge is -2.31. The van der Waals surface area contributed by atoms with Gasteiger partial charge < -0.3 is 14.4 Å². The van der Waals surface area contributed by atoms with Crippen molar-refractivity contribution in [1.29, 1.82) is 0 Å². The van der Waals surface area contributed by atoms with Gasteiger partial charge in [-0.1, -0.05) is 23.4 Å². The predicted octanol–water partition coefficient (Wildman–Crippen LogP) is 3.25. The number of amidine groups is 1. The summed E-state index contributed by atoms with van der Waals surface area (Å²) in [5.74, 6) is 2.61. The summed E-state index contributed by atoms with van der Waals surface area (Å²) in [6, 6.07) is 12.8. The van der Waals surface area contributed by atoms with Crippen LogP contribution in [0.4, 0.5) is 0 Å². The van der Waals surface area contributed by atoms with Crippen molar-refractivity contribution in [3.8, 4) is 11.4 Å². The largest absolute Gasteiger partial charge is 0.355 e. The number of H-pyrrole nitrogens is 1. The number of para-hydroxylation sites is 1. The molecule has 0 unspecified atom stereocenters. The van der Waals surface area contributed by atoms with E-state index in [4.69, 9.17) is 4.52 Å². The van der Waals surface area contributed by atoms with Crippen LogP contribution in [-0.4, -0.2) is 52.4 Å². The van der Waals surface area contributed by atoms with E-state index in [-0.39, 0.29) is 10.8 Å². The van der Waals surface area contributed by atoms with Gasteiger partial charge in [0, 0.05) is 24.6 Å². The highest BCUT2D eigenvalue weighted by atomic mass is 32.2. The van der Waals surface area contributed by atoms with Crippen molar-refractivity contribution in [2.45, 2.75) is 30.6 Å². The topological polar surface area (TPSA) is 117 Å². The Hall–Kier alpha value is -3.53. The van der Waals surface area contributed by atoms with E-state index in [1.165, 1.54) is 0 Å². The summed E-state index contributed by atoms with van der Waals surface area (Å²) in [5.41, 5.74) is 3.27. The van der Waals surface area contributed by atoms with Gasteiger partial charge in [-0.3, -0.25) is 0 Å². The van der Waals surface area contributed by atoms with Crippen molar-refractivity contribution in [3.05, 3.63) is 59.7 Å². The third-order valence-electron chi connectivity index (χ3n) is 6.07. The first-order chi connectivity index (χ1) is 15.5. The summed E-state index contributed by atoms with van der Waals surface area (Å²) < 4.78 is 34.4. The molecule has 0 bridgehead atoms. The molecular formula is C22H20N6O3S. The predicted molar refractivity (Wildman–Crippen MR) is 118 cm³/mol. The van der Waals surface area contributed by atoms with E-state index in [9.17, 15) is 8.42 Å². The molecule has 1 fully saturated rings. The monoisotopic (exact) mass is 448 g/mol. The van der Waals surface area contributed by atoms with Crippen LogP contribution >= 0.6 is 0 Å². The molecule has 2 aliphatic rings. The average Bonchev–Trinajstić information content (AvgIpc) is 3.49. The van der Waals surface area contributed by atoms with Crippen LogP contribution in [0.1, 0.15) is 36.0 Å². The van der Waals surface area contributed by atoms with Crippen molar-refractivity contribution in [2.24, 2.45) is 4.40 Å². The van der Waals surface area contributed by atoms with Crippen LogP contribution in [0, 0.1) is 6.92 Å². The number of hydrogen-bond donors (Lipinski definition) is 1. The fourth-order valence-corrected chi connectivity index (χ4v) is 5.73. The van der Waals surface area contributed by atoms with Crippen LogP contribution in [0.25, 0.3) is 22.4 Å². The molecule has 2 aromatic carbocycles. The van der Waals surface area contributed by atoms with Crippen LogP contribution in [0.5, 0.6) is 0 Å². The number of aromatic nitrogens is 4. The van der Waals surface area contributed by atoms with Gasteiger partial charge in [0.2, 0.25) is 11.7 Å². The summed E-state index contributed by atoms with van der Waals surface area (Å²) in [7, 11) is -3.62. The van der Waals surface area contributed by atoms with Crippen molar-refractivity contribution < 1.29 is 12.9 Å². The zero-order valence-electron chi connectivity index (χ0n) is 17.3. The summed E-state index contributed by atoms with van der Waals surface area (Å²) in [5, 5.41) is 4.21. The lowest BCUT2D eigenvalue weighted by atomic mass is 9.96. The Labute approximate surface area is 184 Å². The molecule has 0 atom stereocenters. The van der Waals surface area contributed by atoms with Gasteiger partial charge in [-0.25, -0.2) is 4.98 Å². The van der Waals surface area contributed by atoms with Gasteiger partial charge in [0.05, 0.1) is 16.6 Å². The van der Waals surface area contributed by atoms with E-state index in [1.54, 1.807) is 12.1 Å². The minimum Gasteiger partial charge on any atom is -0.355 e. The van der Waals surface area contributed by atoms with Gasteiger partial charge in [0.1, 0.15) is 10.7 Å². The molecule has 0 aliphatic carbocycles. The molecule has 4 aromatic rings. The minimum atomic E-state index is -3.62. The second-order valence-electron chi connectivity index (χ2n) is 8.13. The number of fused-ring (bicyclic) bond motifs is 2. The fraction of sp³-hybridized carbons (Fsp3) is 0.273. The van der Waals surface area contributed by atoms with E-state index in [1.807, 2.05) is 42.2 Å². The Morgan fingerprint density at radius 2 is 1.81 bits per heavy atom. The number of piperidine rings is 1. The number of imidazole rings is 1. The number of nitrogens with zero attached hydrogens (tertiary/aromatic N) is 5. The molecule has 9 nitrogen and oxygen atoms in total. The van der Waals surface area contributed by atoms with E-state index in [2.05, 4.69) is 24.5 Å². The molecule has 10 heteroatoms. The number of nitrogens with one attached hydrogen (secondary N) is 1. The Morgan fingerprint density at radius 1 is 1.03 bits per heavy atom. The zero-order valence-corrected chi connectivity index (χ0v) is 18.1. The van der Waals surface area contributed by atoms with Gasteiger partial charge in [-0.15, -0.1) is 4.40 Å². The quantitative estimate of drug-likeness (QED) is 0.500. The fourth-order valence-electron chi connectivity index (χ4n) is 4.50. The highest BCUT2D eigenvalue weighted by molar-refractivity contribution is 7.90. The molecular weight excluding hydrogens is 428 g/mol.